The van der Waals surface area contributed by atoms with E-state index in [1.54, 1.807) is 4.68 Å². The SMILES string of the molecule is CC(C)n1nc(C#N)c2c1CS(=O)(=O)CC2. The van der Waals surface area contributed by atoms with Crippen molar-refractivity contribution >= 4 is 9.84 Å². The Morgan fingerprint density at radius 1 is 1.50 bits per heavy atom. The summed E-state index contributed by atoms with van der Waals surface area (Å²) in [5.74, 6) is 0.133. The number of hydrogen-bond acceptors (Lipinski definition) is 4. The van der Waals surface area contributed by atoms with Crippen molar-refractivity contribution < 1.29 is 8.42 Å². The third kappa shape index (κ3) is 1.71. The number of sulfone groups is 1. The molecule has 0 aliphatic carbocycles. The van der Waals surface area contributed by atoms with Crippen LogP contribution in [0.2, 0.25) is 0 Å². The van der Waals surface area contributed by atoms with Crippen LogP contribution < -0.4 is 0 Å². The van der Waals surface area contributed by atoms with E-state index in [4.69, 9.17) is 5.26 Å². The van der Waals surface area contributed by atoms with Crippen LogP contribution in [-0.2, 0) is 22.0 Å². The topological polar surface area (TPSA) is 75.8 Å². The minimum atomic E-state index is -3.02. The van der Waals surface area contributed by atoms with E-state index in [0.29, 0.717) is 17.8 Å². The first kappa shape index (κ1) is 11.1. The average molecular weight is 239 g/mol. The van der Waals surface area contributed by atoms with Gasteiger partial charge in [-0.1, -0.05) is 0 Å². The second-order valence-electron chi connectivity index (χ2n) is 4.27. The number of nitrogens with zero attached hydrogens (tertiary/aromatic N) is 3. The summed E-state index contributed by atoms with van der Waals surface area (Å²) < 4.78 is 24.8. The van der Waals surface area contributed by atoms with Gasteiger partial charge in [0.25, 0.3) is 0 Å². The van der Waals surface area contributed by atoms with Crippen molar-refractivity contribution in [3.63, 3.8) is 0 Å². The van der Waals surface area contributed by atoms with Crippen molar-refractivity contribution in [2.45, 2.75) is 32.1 Å². The molecular formula is C10H13N3O2S. The molecule has 16 heavy (non-hydrogen) atoms. The largest absolute Gasteiger partial charge is 0.264 e. The summed E-state index contributed by atoms with van der Waals surface area (Å²) in [4.78, 5) is 0. The van der Waals surface area contributed by atoms with E-state index < -0.39 is 9.84 Å². The highest BCUT2D eigenvalue weighted by Gasteiger charge is 2.29. The summed E-state index contributed by atoms with van der Waals surface area (Å²) in [5, 5.41) is 13.1. The lowest BCUT2D eigenvalue weighted by atomic mass is 10.1. The standard InChI is InChI=1S/C10H13N3O2S/c1-7(2)13-10-6-16(14,15)4-3-8(10)9(5-11)12-13/h7H,3-4,6H2,1-2H3. The van der Waals surface area contributed by atoms with E-state index in [1.165, 1.54) is 0 Å². The van der Waals surface area contributed by atoms with Crippen LogP contribution in [0.4, 0.5) is 0 Å². The van der Waals surface area contributed by atoms with E-state index in [-0.39, 0.29) is 17.5 Å². The molecule has 0 N–H and O–H groups in total. The molecule has 0 radical (unpaired) electrons. The minimum Gasteiger partial charge on any atom is -0.264 e. The maximum Gasteiger partial charge on any atom is 0.166 e. The van der Waals surface area contributed by atoms with Gasteiger partial charge in [-0.25, -0.2) is 8.42 Å². The molecular weight excluding hydrogens is 226 g/mol. The number of fused-ring (bicyclic) bond motifs is 1. The Hall–Kier alpha value is -1.35. The normalized spacial score (nSPS) is 18.1. The molecule has 2 rings (SSSR count). The van der Waals surface area contributed by atoms with Crippen molar-refractivity contribution in [3.05, 3.63) is 17.0 Å². The summed E-state index contributed by atoms with van der Waals surface area (Å²) in [7, 11) is -3.02. The highest BCUT2D eigenvalue weighted by molar-refractivity contribution is 7.90. The molecule has 0 saturated heterocycles. The van der Waals surface area contributed by atoms with Crippen LogP contribution >= 0.6 is 0 Å². The van der Waals surface area contributed by atoms with E-state index in [9.17, 15) is 8.42 Å². The summed E-state index contributed by atoms with van der Waals surface area (Å²) in [6.07, 6.45) is 0.410. The van der Waals surface area contributed by atoms with Crippen molar-refractivity contribution in [3.8, 4) is 6.07 Å². The molecule has 0 saturated carbocycles. The van der Waals surface area contributed by atoms with Gasteiger partial charge >= 0.3 is 0 Å². The Morgan fingerprint density at radius 2 is 2.19 bits per heavy atom. The second-order valence-corrected chi connectivity index (χ2v) is 6.45. The Bertz CT molecular complexity index is 564. The van der Waals surface area contributed by atoms with Crippen LogP contribution in [-0.4, -0.2) is 24.0 Å². The molecule has 0 bridgehead atoms. The van der Waals surface area contributed by atoms with E-state index in [0.717, 1.165) is 5.56 Å². The van der Waals surface area contributed by atoms with Gasteiger partial charge in [0, 0.05) is 11.6 Å². The molecule has 1 aromatic rings. The third-order valence-corrected chi connectivity index (χ3v) is 4.27. The predicted molar refractivity (Wildman–Crippen MR) is 58.5 cm³/mol. The van der Waals surface area contributed by atoms with E-state index in [1.807, 2.05) is 19.9 Å². The van der Waals surface area contributed by atoms with Gasteiger partial charge in [-0.2, -0.15) is 10.4 Å². The lowest BCUT2D eigenvalue weighted by Crippen LogP contribution is -2.21. The van der Waals surface area contributed by atoms with Crippen molar-refractivity contribution in [1.82, 2.24) is 9.78 Å². The fourth-order valence-electron chi connectivity index (χ4n) is 1.97. The molecule has 2 heterocycles. The summed E-state index contributed by atoms with van der Waals surface area (Å²) in [5.41, 5.74) is 1.88. The van der Waals surface area contributed by atoms with Gasteiger partial charge in [0.1, 0.15) is 6.07 Å². The van der Waals surface area contributed by atoms with Gasteiger partial charge in [0.15, 0.2) is 15.5 Å². The number of hydrogen-bond donors (Lipinski definition) is 0. The van der Waals surface area contributed by atoms with Crippen LogP contribution in [0.3, 0.4) is 0 Å². The molecule has 0 fully saturated rings. The minimum absolute atomic E-state index is 0.00912. The number of rotatable bonds is 1. The number of nitriles is 1. The maximum absolute atomic E-state index is 11.6. The first-order chi connectivity index (χ1) is 7.44. The Labute approximate surface area is 94.6 Å². The zero-order valence-corrected chi connectivity index (χ0v) is 10.1. The fourth-order valence-corrected chi connectivity index (χ4v) is 3.36. The molecule has 1 aromatic heterocycles. The van der Waals surface area contributed by atoms with Gasteiger partial charge in [-0.05, 0) is 20.3 Å². The Kier molecular flexibility index (Phi) is 2.50. The van der Waals surface area contributed by atoms with Gasteiger partial charge in [0.2, 0.25) is 0 Å². The van der Waals surface area contributed by atoms with Crippen LogP contribution in [0.1, 0.15) is 36.8 Å². The lowest BCUT2D eigenvalue weighted by Gasteiger charge is -2.16. The average Bonchev–Trinajstić information content (AvgIpc) is 2.53. The Morgan fingerprint density at radius 3 is 2.75 bits per heavy atom. The van der Waals surface area contributed by atoms with Crippen molar-refractivity contribution in [2.75, 3.05) is 5.75 Å². The molecule has 1 aliphatic heterocycles. The highest BCUT2D eigenvalue weighted by Crippen LogP contribution is 2.25. The summed E-state index contributed by atoms with van der Waals surface area (Å²) in [6.45, 7) is 3.85. The second kappa shape index (κ2) is 3.59. The first-order valence-electron chi connectivity index (χ1n) is 5.15. The quantitative estimate of drug-likeness (QED) is 0.726. The van der Waals surface area contributed by atoms with Crippen molar-refractivity contribution in [2.24, 2.45) is 0 Å². The molecule has 1 aliphatic rings. The molecule has 6 heteroatoms. The van der Waals surface area contributed by atoms with E-state index in [2.05, 4.69) is 5.10 Å². The fraction of sp³-hybridized carbons (Fsp3) is 0.600. The molecule has 0 aromatic carbocycles. The van der Waals surface area contributed by atoms with Crippen LogP contribution in [0.15, 0.2) is 0 Å². The summed E-state index contributed by atoms with van der Waals surface area (Å²) >= 11 is 0. The Balaban J connectivity index is 2.61. The first-order valence-corrected chi connectivity index (χ1v) is 6.97. The van der Waals surface area contributed by atoms with E-state index >= 15 is 0 Å². The van der Waals surface area contributed by atoms with Gasteiger partial charge < -0.3 is 0 Å². The zero-order chi connectivity index (χ0) is 11.9. The smallest absolute Gasteiger partial charge is 0.166 e. The lowest BCUT2D eigenvalue weighted by molar-refractivity contribution is 0.510. The van der Waals surface area contributed by atoms with Gasteiger partial charge in [-0.3, -0.25) is 4.68 Å². The highest BCUT2D eigenvalue weighted by atomic mass is 32.2. The van der Waals surface area contributed by atoms with Gasteiger partial charge in [0.05, 0.1) is 17.2 Å². The molecule has 0 spiro atoms. The summed E-state index contributed by atoms with van der Waals surface area (Å²) in [6, 6.07) is 2.10. The monoisotopic (exact) mass is 239 g/mol. The van der Waals surface area contributed by atoms with Gasteiger partial charge in [-0.15, -0.1) is 0 Å². The third-order valence-electron chi connectivity index (χ3n) is 2.73. The van der Waals surface area contributed by atoms with Crippen LogP contribution in [0, 0.1) is 11.3 Å². The maximum atomic E-state index is 11.6. The molecule has 0 amide bonds. The molecule has 0 unspecified atom stereocenters. The number of aromatic nitrogens is 2. The van der Waals surface area contributed by atoms with Crippen LogP contribution in [0.5, 0.6) is 0 Å². The van der Waals surface area contributed by atoms with Crippen molar-refractivity contribution in [1.29, 1.82) is 5.26 Å². The molecule has 86 valence electrons. The zero-order valence-electron chi connectivity index (χ0n) is 9.27. The molecule has 0 atom stereocenters. The predicted octanol–water partition coefficient (Wildman–Crippen LogP) is 0.807. The van der Waals surface area contributed by atoms with Crippen LogP contribution in [0.25, 0.3) is 0 Å². The molecule has 5 nitrogen and oxygen atoms in total.